The zero-order valence-electron chi connectivity index (χ0n) is 14.0. The Balaban J connectivity index is 1.94. The van der Waals surface area contributed by atoms with Gasteiger partial charge in [0.15, 0.2) is 0 Å². The molecule has 0 fully saturated rings. The minimum atomic E-state index is -0.370. The number of non-ortho nitro benzene ring substituents is 1. The van der Waals surface area contributed by atoms with Crippen LogP contribution in [0.25, 0.3) is 11.3 Å². The number of nitrogens with one attached hydrogen (secondary N) is 1. The molecule has 0 aliphatic rings. The summed E-state index contributed by atoms with van der Waals surface area (Å²) < 4.78 is 2.25. The molecule has 1 heterocycles. The van der Waals surface area contributed by atoms with Crippen LogP contribution in [0.2, 0.25) is 0 Å². The number of rotatable bonds is 7. The van der Waals surface area contributed by atoms with E-state index >= 15 is 0 Å². The maximum absolute atomic E-state index is 10.9. The zero-order valence-corrected chi connectivity index (χ0v) is 14.8. The summed E-state index contributed by atoms with van der Waals surface area (Å²) in [7, 11) is 0. The molecule has 25 heavy (non-hydrogen) atoms. The topological polar surface area (TPSA) is 59.0 Å². The van der Waals surface area contributed by atoms with Gasteiger partial charge in [0.05, 0.1) is 11.5 Å². The van der Waals surface area contributed by atoms with Gasteiger partial charge in [0.25, 0.3) is 5.69 Å². The molecule has 0 atom stereocenters. The Kier molecular flexibility index (Phi) is 5.40. The summed E-state index contributed by atoms with van der Waals surface area (Å²) in [5.74, 6) is 0. The molecule has 0 radical (unpaired) electrons. The van der Waals surface area contributed by atoms with E-state index in [-0.39, 0.29) is 10.6 Å². The Hall–Kier alpha value is -2.73. The molecule has 0 saturated carbocycles. The van der Waals surface area contributed by atoms with Gasteiger partial charge in [0, 0.05) is 23.1 Å². The zero-order chi connectivity index (χ0) is 17.6. The number of nitro groups is 1. The largest absolute Gasteiger partial charge is 0.339 e. The summed E-state index contributed by atoms with van der Waals surface area (Å²) >= 11 is 1.64. The third-order valence-electron chi connectivity index (χ3n) is 3.95. The molecule has 0 aliphatic heterocycles. The van der Waals surface area contributed by atoms with Crippen molar-refractivity contribution in [2.45, 2.75) is 26.3 Å². The first kappa shape index (κ1) is 17.1. The Morgan fingerprint density at radius 2 is 1.84 bits per heavy atom. The lowest BCUT2D eigenvalue weighted by Gasteiger charge is -2.06. The molecular weight excluding hydrogens is 334 g/mol. The predicted molar refractivity (Wildman–Crippen MR) is 101 cm³/mol. The monoisotopic (exact) mass is 354 g/mol. The average Bonchev–Trinajstić information content (AvgIpc) is 3.03. The second-order valence-corrected chi connectivity index (χ2v) is 6.58. The average molecular weight is 354 g/mol. The number of para-hydroxylation sites is 1. The number of hydrogen-bond acceptors (Lipinski definition) is 4. The van der Waals surface area contributed by atoms with Crippen molar-refractivity contribution in [2.75, 3.05) is 5.32 Å². The standard InChI is InChI=1S/C19H19N3O2S/c1-2-3-13-21-18(15-9-11-17(12-10-15)22(23)24)14-25-19(21)20-16-7-5-4-6-8-16/h4-12,14H,2-3,13H2,1H3/p+1. The van der Waals surface area contributed by atoms with E-state index in [0.29, 0.717) is 0 Å². The third-order valence-corrected chi connectivity index (χ3v) is 4.84. The third kappa shape index (κ3) is 4.03. The highest BCUT2D eigenvalue weighted by Crippen LogP contribution is 2.27. The fraction of sp³-hybridized carbons (Fsp3) is 0.211. The Morgan fingerprint density at radius 1 is 1.12 bits per heavy atom. The number of benzene rings is 2. The number of aromatic nitrogens is 1. The molecule has 5 nitrogen and oxygen atoms in total. The number of hydrogen-bond donors (Lipinski definition) is 1. The second kappa shape index (κ2) is 7.90. The number of anilines is 2. The van der Waals surface area contributed by atoms with Crippen LogP contribution in [0.15, 0.2) is 60.0 Å². The molecule has 1 aromatic heterocycles. The van der Waals surface area contributed by atoms with E-state index < -0.39 is 0 Å². The van der Waals surface area contributed by atoms with E-state index in [1.807, 2.05) is 42.5 Å². The van der Waals surface area contributed by atoms with Gasteiger partial charge in [-0.2, -0.15) is 0 Å². The molecule has 1 N–H and O–H groups in total. The summed E-state index contributed by atoms with van der Waals surface area (Å²) in [6.07, 6.45) is 2.18. The van der Waals surface area contributed by atoms with Gasteiger partial charge < -0.3 is 0 Å². The maximum Gasteiger partial charge on any atom is 0.339 e. The summed E-state index contributed by atoms with van der Waals surface area (Å²) in [5, 5.41) is 17.5. The number of nitrogens with zero attached hydrogens (tertiary/aromatic N) is 2. The van der Waals surface area contributed by atoms with Crippen LogP contribution in [0.3, 0.4) is 0 Å². The van der Waals surface area contributed by atoms with Crippen LogP contribution in [0, 0.1) is 10.1 Å². The van der Waals surface area contributed by atoms with Gasteiger partial charge in [-0.3, -0.25) is 10.1 Å². The lowest BCUT2D eigenvalue weighted by molar-refractivity contribution is -0.668. The molecule has 3 rings (SSSR count). The molecule has 6 heteroatoms. The van der Waals surface area contributed by atoms with Gasteiger partial charge in [0.1, 0.15) is 11.4 Å². The van der Waals surface area contributed by atoms with Crippen LogP contribution in [-0.2, 0) is 6.54 Å². The Bertz CT molecular complexity index is 845. The summed E-state index contributed by atoms with van der Waals surface area (Å²) in [4.78, 5) is 10.5. The first-order valence-electron chi connectivity index (χ1n) is 8.27. The minimum absolute atomic E-state index is 0.113. The first-order valence-corrected chi connectivity index (χ1v) is 9.15. The fourth-order valence-corrected chi connectivity index (χ4v) is 3.59. The van der Waals surface area contributed by atoms with Crippen LogP contribution in [-0.4, -0.2) is 4.92 Å². The van der Waals surface area contributed by atoms with Gasteiger partial charge in [-0.1, -0.05) is 42.9 Å². The normalized spacial score (nSPS) is 10.6. The van der Waals surface area contributed by atoms with Gasteiger partial charge in [-0.25, -0.2) is 9.88 Å². The molecular formula is C19H20N3O2S+. The summed E-state index contributed by atoms with van der Waals surface area (Å²) in [5.41, 5.74) is 3.22. The van der Waals surface area contributed by atoms with Crippen molar-refractivity contribution >= 4 is 27.8 Å². The van der Waals surface area contributed by atoms with E-state index in [1.165, 1.54) is 0 Å². The van der Waals surface area contributed by atoms with Crippen LogP contribution in [0.4, 0.5) is 16.5 Å². The van der Waals surface area contributed by atoms with Crippen molar-refractivity contribution in [3.8, 4) is 11.3 Å². The second-order valence-electron chi connectivity index (χ2n) is 5.73. The molecule has 0 bridgehead atoms. The maximum atomic E-state index is 10.9. The molecule has 0 unspecified atom stereocenters. The van der Waals surface area contributed by atoms with Crippen LogP contribution in [0.5, 0.6) is 0 Å². The molecule has 128 valence electrons. The Labute approximate surface area is 150 Å². The van der Waals surface area contributed by atoms with E-state index in [0.717, 1.165) is 41.5 Å². The number of unbranched alkanes of at least 4 members (excludes halogenated alkanes) is 1. The van der Waals surface area contributed by atoms with Gasteiger partial charge in [-0.05, 0) is 30.7 Å². The van der Waals surface area contributed by atoms with Crippen molar-refractivity contribution < 1.29 is 9.49 Å². The Morgan fingerprint density at radius 3 is 2.48 bits per heavy atom. The van der Waals surface area contributed by atoms with Crippen molar-refractivity contribution in [2.24, 2.45) is 0 Å². The minimum Gasteiger partial charge on any atom is -0.258 e. The molecule has 3 aromatic rings. The van der Waals surface area contributed by atoms with Crippen molar-refractivity contribution in [1.82, 2.24) is 0 Å². The number of thiazole rings is 1. The fourth-order valence-electron chi connectivity index (χ4n) is 2.61. The van der Waals surface area contributed by atoms with Crippen LogP contribution >= 0.6 is 11.3 Å². The van der Waals surface area contributed by atoms with Crippen LogP contribution < -0.4 is 9.88 Å². The van der Waals surface area contributed by atoms with E-state index in [4.69, 9.17) is 0 Å². The van der Waals surface area contributed by atoms with Crippen LogP contribution in [0.1, 0.15) is 19.8 Å². The van der Waals surface area contributed by atoms with E-state index in [1.54, 1.807) is 23.5 Å². The molecule has 2 aromatic carbocycles. The van der Waals surface area contributed by atoms with Gasteiger partial charge in [-0.15, -0.1) is 0 Å². The smallest absolute Gasteiger partial charge is 0.258 e. The SMILES string of the molecule is CCCC[n+]1c(-c2ccc([N+](=O)[O-])cc2)csc1Nc1ccccc1. The van der Waals surface area contributed by atoms with E-state index in [9.17, 15) is 10.1 Å². The van der Waals surface area contributed by atoms with Crippen molar-refractivity contribution in [3.63, 3.8) is 0 Å². The van der Waals surface area contributed by atoms with Crippen molar-refractivity contribution in [3.05, 3.63) is 70.1 Å². The first-order chi connectivity index (χ1) is 12.2. The molecule has 0 aliphatic carbocycles. The van der Waals surface area contributed by atoms with E-state index in [2.05, 4.69) is 22.2 Å². The van der Waals surface area contributed by atoms with Gasteiger partial charge >= 0.3 is 5.13 Å². The molecule has 0 amide bonds. The summed E-state index contributed by atoms with van der Waals surface area (Å²) in [6.45, 7) is 3.07. The van der Waals surface area contributed by atoms with Crippen molar-refractivity contribution in [1.29, 1.82) is 0 Å². The summed E-state index contributed by atoms with van der Waals surface area (Å²) in [6, 6.07) is 16.8. The highest BCUT2D eigenvalue weighted by Gasteiger charge is 2.19. The van der Waals surface area contributed by atoms with Gasteiger partial charge in [0.2, 0.25) is 0 Å². The molecule has 0 saturated heterocycles. The highest BCUT2D eigenvalue weighted by molar-refractivity contribution is 7.13. The lowest BCUT2D eigenvalue weighted by Crippen LogP contribution is -2.36. The number of nitro benzene ring substituents is 1. The quantitative estimate of drug-likeness (QED) is 0.362. The highest BCUT2D eigenvalue weighted by atomic mass is 32.1. The molecule has 0 spiro atoms. The predicted octanol–water partition coefficient (Wildman–Crippen LogP) is 5.15. The lowest BCUT2D eigenvalue weighted by atomic mass is 10.1.